The molecule has 2 rings (SSSR count). The van der Waals surface area contributed by atoms with Gasteiger partial charge in [0, 0.05) is 26.3 Å². The van der Waals surface area contributed by atoms with Crippen molar-refractivity contribution in [3.63, 3.8) is 0 Å². The topological polar surface area (TPSA) is 397 Å². The first-order chi connectivity index (χ1) is 29.7. The molecule has 0 radical (unpaired) electrons. The van der Waals surface area contributed by atoms with E-state index in [1.165, 1.54) is 60.3 Å². The molecule has 0 saturated heterocycles. The second-order valence-corrected chi connectivity index (χ2v) is 15.1. The lowest BCUT2D eigenvalue weighted by Gasteiger charge is -2.27. The molecule has 0 aliphatic carbocycles. The number of thioether (sulfide) groups is 1. The standard InChI is InChI=1S/C39H54N10O13S/c1-20(50)44-29(18-31(53)54)37(61)49-30(19-32(55)56)38(62)48-28(17-22-7-11-24(52)12-8-22)36(60)47-27(16-21-5-9-23(51)10-6-21)35(59)46-26(4-3-14-43-39(41)42)34(58)45-25(33(40)57)13-15-63-2/h5-12,25-30,51-52H,3-4,13-19H2,1-2H3,(H2,40,57)(H,44,50)(H,45,58)(H,46,59)(H,47,60)(H,48,62)(H,49,61)(H,53,54)(H,55,56)(H4,41,42,43)/t25-,26-,27-,28-,29-,30-/m0/s1. The van der Waals surface area contributed by atoms with Gasteiger partial charge in [0.2, 0.25) is 41.4 Å². The van der Waals surface area contributed by atoms with E-state index < -0.39 is 102 Å². The minimum atomic E-state index is -1.93. The van der Waals surface area contributed by atoms with Gasteiger partial charge in [-0.25, -0.2) is 0 Å². The Labute approximate surface area is 365 Å². The number of phenolic OH excluding ortho intramolecular Hbond substituents is 2. The zero-order valence-corrected chi connectivity index (χ0v) is 35.3. The van der Waals surface area contributed by atoms with E-state index in [0.29, 0.717) is 16.9 Å². The van der Waals surface area contributed by atoms with E-state index in [1.54, 1.807) is 6.26 Å². The zero-order valence-electron chi connectivity index (χ0n) is 34.5. The van der Waals surface area contributed by atoms with Gasteiger partial charge in [0.1, 0.15) is 47.8 Å². The Morgan fingerprint density at radius 2 is 0.952 bits per heavy atom. The number of nitrogens with zero attached hydrogens (tertiary/aromatic N) is 1. The first-order valence-electron chi connectivity index (χ1n) is 19.3. The molecule has 16 N–H and O–H groups in total. The molecule has 0 bridgehead atoms. The van der Waals surface area contributed by atoms with E-state index >= 15 is 0 Å². The summed E-state index contributed by atoms with van der Waals surface area (Å²) in [5.41, 5.74) is 17.1. The molecule has 2 aromatic carbocycles. The minimum Gasteiger partial charge on any atom is -0.508 e. The number of carbonyl (C=O) groups is 9. The van der Waals surface area contributed by atoms with Crippen LogP contribution in [0.3, 0.4) is 0 Å². The molecule has 0 fully saturated rings. The zero-order chi connectivity index (χ0) is 47.2. The summed E-state index contributed by atoms with van der Waals surface area (Å²) in [4.78, 5) is 120. The first-order valence-corrected chi connectivity index (χ1v) is 20.7. The van der Waals surface area contributed by atoms with Gasteiger partial charge in [0.25, 0.3) is 0 Å². The highest BCUT2D eigenvalue weighted by Crippen LogP contribution is 2.15. The number of aromatic hydroxyl groups is 2. The highest BCUT2D eigenvalue weighted by Gasteiger charge is 2.34. The summed E-state index contributed by atoms with van der Waals surface area (Å²) in [5.74, 6) is -9.92. The van der Waals surface area contributed by atoms with Crippen LogP contribution in [-0.2, 0) is 56.0 Å². The van der Waals surface area contributed by atoms with Gasteiger partial charge in [-0.2, -0.15) is 11.8 Å². The van der Waals surface area contributed by atoms with Crippen molar-refractivity contribution in [2.45, 2.75) is 88.1 Å². The average molecular weight is 903 g/mol. The Bertz CT molecular complexity index is 1950. The van der Waals surface area contributed by atoms with Crippen molar-refractivity contribution >= 4 is 71.0 Å². The lowest BCUT2D eigenvalue weighted by Crippen LogP contribution is -2.60. The Hall–Kier alpha value is -7.11. The number of hydrogen-bond donors (Lipinski definition) is 13. The van der Waals surface area contributed by atoms with Crippen LogP contribution < -0.4 is 49.1 Å². The summed E-state index contributed by atoms with van der Waals surface area (Å²) in [6.45, 7) is 1.05. The minimum absolute atomic E-state index is 0.0524. The largest absolute Gasteiger partial charge is 0.508 e. The van der Waals surface area contributed by atoms with Crippen molar-refractivity contribution in [2.24, 2.45) is 22.2 Å². The van der Waals surface area contributed by atoms with Gasteiger partial charge >= 0.3 is 11.9 Å². The Morgan fingerprint density at radius 3 is 1.35 bits per heavy atom. The van der Waals surface area contributed by atoms with Gasteiger partial charge in [-0.05, 0) is 66.7 Å². The van der Waals surface area contributed by atoms with Crippen LogP contribution in [-0.4, -0.2) is 134 Å². The van der Waals surface area contributed by atoms with Crippen LogP contribution in [0.25, 0.3) is 0 Å². The molecule has 24 heteroatoms. The van der Waals surface area contributed by atoms with E-state index in [2.05, 4.69) is 36.9 Å². The van der Waals surface area contributed by atoms with Crippen molar-refractivity contribution in [3.05, 3.63) is 59.7 Å². The van der Waals surface area contributed by atoms with Crippen LogP contribution >= 0.6 is 11.8 Å². The van der Waals surface area contributed by atoms with E-state index in [0.717, 1.165) is 6.92 Å². The van der Waals surface area contributed by atoms with Crippen LogP contribution in [0.5, 0.6) is 11.5 Å². The predicted molar refractivity (Wildman–Crippen MR) is 227 cm³/mol. The number of benzene rings is 2. The molecule has 7 amide bonds. The highest BCUT2D eigenvalue weighted by molar-refractivity contribution is 7.98. The number of amides is 7. The number of nitrogens with two attached hydrogens (primary N) is 3. The fourth-order valence-electron chi connectivity index (χ4n) is 5.82. The number of carboxylic acids is 2. The van der Waals surface area contributed by atoms with Gasteiger partial charge in [0.05, 0.1) is 12.8 Å². The van der Waals surface area contributed by atoms with Gasteiger partial charge in [0.15, 0.2) is 5.96 Å². The van der Waals surface area contributed by atoms with Gasteiger partial charge in [-0.1, -0.05) is 24.3 Å². The molecule has 0 spiro atoms. The summed E-state index contributed by atoms with van der Waals surface area (Å²) < 4.78 is 0. The molecule has 2 aromatic rings. The van der Waals surface area contributed by atoms with Crippen molar-refractivity contribution in [1.82, 2.24) is 31.9 Å². The number of nitrogens with one attached hydrogen (secondary N) is 6. The number of carboxylic acid groups (broad SMARTS) is 2. The quantitative estimate of drug-likeness (QED) is 0.0242. The van der Waals surface area contributed by atoms with E-state index in [1.807, 2.05) is 0 Å². The molecule has 0 heterocycles. The second kappa shape index (κ2) is 26.3. The fraction of sp³-hybridized carbons (Fsp3) is 0.436. The van der Waals surface area contributed by atoms with Crippen molar-refractivity contribution in [2.75, 3.05) is 18.6 Å². The summed E-state index contributed by atoms with van der Waals surface area (Å²) in [7, 11) is 0. The third-order valence-electron chi connectivity index (χ3n) is 8.95. The van der Waals surface area contributed by atoms with Crippen molar-refractivity contribution in [1.29, 1.82) is 0 Å². The first kappa shape index (κ1) is 52.0. The van der Waals surface area contributed by atoms with Crippen LogP contribution in [0.4, 0.5) is 0 Å². The lowest BCUT2D eigenvalue weighted by molar-refractivity contribution is -0.143. The van der Waals surface area contributed by atoms with Crippen LogP contribution in [0.2, 0.25) is 0 Å². The molecule has 0 aliphatic heterocycles. The Balaban J connectivity index is 2.56. The number of primary amides is 1. The smallest absolute Gasteiger partial charge is 0.305 e. The average Bonchev–Trinajstić information content (AvgIpc) is 3.20. The number of phenols is 2. The van der Waals surface area contributed by atoms with Gasteiger partial charge in [-0.3, -0.25) is 48.1 Å². The third kappa shape index (κ3) is 19.9. The molecule has 0 unspecified atom stereocenters. The molecular weight excluding hydrogens is 849 g/mol. The Kier molecular flexibility index (Phi) is 21.7. The SMILES string of the molecule is CSCC[C@H](NC(=O)[C@H](CCCN=C(N)N)NC(=O)[C@H](Cc1ccc(O)cc1)NC(=O)[C@H](Cc1ccc(O)cc1)NC(=O)[C@H](CC(=O)O)NC(=O)[C@H](CC(=O)O)NC(C)=O)C(N)=O. The van der Waals surface area contributed by atoms with Crippen molar-refractivity contribution < 1.29 is 63.6 Å². The highest BCUT2D eigenvalue weighted by atomic mass is 32.2. The summed E-state index contributed by atoms with van der Waals surface area (Å²) in [5, 5.41) is 52.9. The molecule has 63 heavy (non-hydrogen) atoms. The molecule has 6 atom stereocenters. The summed E-state index contributed by atoms with van der Waals surface area (Å²) in [6.07, 6.45) is -0.515. The monoisotopic (exact) mass is 902 g/mol. The maximum atomic E-state index is 14.3. The Morgan fingerprint density at radius 1 is 0.571 bits per heavy atom. The summed E-state index contributed by atoms with van der Waals surface area (Å²) in [6, 6.07) is 1.71. The number of carbonyl (C=O) groups excluding carboxylic acids is 7. The van der Waals surface area contributed by atoms with E-state index in [9.17, 15) is 63.6 Å². The number of guanidine groups is 1. The molecule has 344 valence electrons. The predicted octanol–water partition coefficient (Wildman–Crippen LogP) is -2.95. The molecule has 0 aliphatic rings. The van der Waals surface area contributed by atoms with Crippen molar-refractivity contribution in [3.8, 4) is 11.5 Å². The number of rotatable bonds is 27. The fourth-order valence-corrected chi connectivity index (χ4v) is 6.29. The molecular formula is C39H54N10O13S. The normalized spacial score (nSPS) is 13.6. The van der Waals surface area contributed by atoms with E-state index in [4.69, 9.17) is 17.2 Å². The number of aliphatic carboxylic acids is 2. The third-order valence-corrected chi connectivity index (χ3v) is 9.60. The second-order valence-electron chi connectivity index (χ2n) is 14.1. The van der Waals surface area contributed by atoms with Crippen LogP contribution in [0.15, 0.2) is 53.5 Å². The lowest BCUT2D eigenvalue weighted by atomic mass is 10.0. The van der Waals surface area contributed by atoms with Crippen LogP contribution in [0.1, 0.15) is 50.2 Å². The molecule has 23 nitrogen and oxygen atoms in total. The van der Waals surface area contributed by atoms with Crippen LogP contribution in [0, 0.1) is 0 Å². The van der Waals surface area contributed by atoms with Gasteiger partial charge in [-0.15, -0.1) is 0 Å². The molecule has 0 aromatic heterocycles. The number of hydrogen-bond acceptors (Lipinski definition) is 13. The maximum Gasteiger partial charge on any atom is 0.305 e. The number of aliphatic imine (C=N–C) groups is 1. The van der Waals surface area contributed by atoms with Gasteiger partial charge < -0.3 is 69.5 Å². The molecule has 0 saturated carbocycles. The summed E-state index contributed by atoms with van der Waals surface area (Å²) >= 11 is 1.40. The maximum absolute atomic E-state index is 14.3. The van der Waals surface area contributed by atoms with E-state index in [-0.39, 0.29) is 56.1 Å².